The molecule has 1 aliphatic rings. The molecule has 0 amide bonds. The molecule has 96 valence electrons. The van der Waals surface area contributed by atoms with Gasteiger partial charge < -0.3 is 5.73 Å². The first-order valence-electron chi connectivity index (χ1n) is 5.91. The van der Waals surface area contributed by atoms with Crippen molar-refractivity contribution in [1.82, 2.24) is 0 Å². The third-order valence-corrected chi connectivity index (χ3v) is 3.95. The van der Waals surface area contributed by atoms with Crippen molar-refractivity contribution in [2.24, 2.45) is 5.73 Å². The van der Waals surface area contributed by atoms with Gasteiger partial charge in [-0.15, -0.1) is 0 Å². The first-order valence-corrected chi connectivity index (χ1v) is 6.89. The van der Waals surface area contributed by atoms with Gasteiger partial charge in [0, 0.05) is 11.3 Å². The van der Waals surface area contributed by atoms with E-state index in [-0.39, 0.29) is 23.1 Å². The highest BCUT2D eigenvalue weighted by atomic mass is 32.2. The van der Waals surface area contributed by atoms with Gasteiger partial charge in [-0.3, -0.25) is 0 Å². The van der Waals surface area contributed by atoms with Crippen molar-refractivity contribution >= 4 is 11.8 Å². The Morgan fingerprint density at radius 2 is 1.50 bits per heavy atom. The van der Waals surface area contributed by atoms with Crippen LogP contribution >= 0.6 is 11.8 Å². The van der Waals surface area contributed by atoms with Crippen molar-refractivity contribution in [3.05, 3.63) is 0 Å². The Kier molecular flexibility index (Phi) is 5.44. The summed E-state index contributed by atoms with van der Waals surface area (Å²) in [5, 5.41) is 0. The van der Waals surface area contributed by atoms with Crippen LogP contribution < -0.4 is 5.73 Å². The van der Waals surface area contributed by atoms with Gasteiger partial charge in [0.05, 0.1) is 0 Å². The van der Waals surface area contributed by atoms with Crippen molar-refractivity contribution in [3.8, 4) is 0 Å². The predicted molar refractivity (Wildman–Crippen MR) is 62.4 cm³/mol. The van der Waals surface area contributed by atoms with Gasteiger partial charge in [-0.1, -0.05) is 43.9 Å². The average Bonchev–Trinajstić information content (AvgIpc) is 2.10. The van der Waals surface area contributed by atoms with Crippen LogP contribution in [0.4, 0.5) is 13.2 Å². The van der Waals surface area contributed by atoms with Crippen LogP contribution in [0.2, 0.25) is 0 Å². The zero-order valence-corrected chi connectivity index (χ0v) is 10.3. The maximum atomic E-state index is 12.0. The lowest BCUT2D eigenvalue weighted by molar-refractivity contribution is -0.0328. The smallest absolute Gasteiger partial charge is 0.325 e. The van der Waals surface area contributed by atoms with Crippen molar-refractivity contribution in [1.29, 1.82) is 0 Å². The molecule has 1 rings (SSSR count). The molecule has 0 aliphatic heterocycles. The lowest BCUT2D eigenvalue weighted by Crippen LogP contribution is -2.41. The fraction of sp³-hybridized carbons (Fsp3) is 1.00. The topological polar surface area (TPSA) is 26.0 Å². The number of thioether (sulfide) groups is 1. The first-order chi connectivity index (χ1) is 7.41. The van der Waals surface area contributed by atoms with Gasteiger partial charge in [0.25, 0.3) is 0 Å². The SMILES string of the molecule is NC1(CCSC(F)(F)F)CCCCCCC1. The van der Waals surface area contributed by atoms with Crippen LogP contribution in [0.25, 0.3) is 0 Å². The molecule has 0 aromatic carbocycles. The predicted octanol–water partition coefficient (Wildman–Crippen LogP) is 4.07. The monoisotopic (exact) mass is 255 g/mol. The molecule has 0 heterocycles. The third kappa shape index (κ3) is 5.99. The summed E-state index contributed by atoms with van der Waals surface area (Å²) in [5.41, 5.74) is 1.72. The Bertz CT molecular complexity index is 198. The summed E-state index contributed by atoms with van der Waals surface area (Å²) in [6.45, 7) is 0. The van der Waals surface area contributed by atoms with Crippen LogP contribution in [-0.4, -0.2) is 16.8 Å². The molecule has 5 heteroatoms. The van der Waals surface area contributed by atoms with Crippen LogP contribution in [0.1, 0.15) is 51.4 Å². The average molecular weight is 255 g/mol. The number of alkyl halides is 3. The summed E-state index contributed by atoms with van der Waals surface area (Å²) in [6.07, 6.45) is 7.96. The molecule has 0 aromatic rings. The molecule has 1 fully saturated rings. The quantitative estimate of drug-likeness (QED) is 0.822. The van der Waals surface area contributed by atoms with E-state index in [1.54, 1.807) is 0 Å². The van der Waals surface area contributed by atoms with E-state index in [1.165, 1.54) is 19.3 Å². The van der Waals surface area contributed by atoms with Gasteiger partial charge in [-0.2, -0.15) is 13.2 Å². The van der Waals surface area contributed by atoms with E-state index >= 15 is 0 Å². The minimum Gasteiger partial charge on any atom is -0.325 e. The summed E-state index contributed by atoms with van der Waals surface area (Å²) >= 11 is 0.0578. The maximum absolute atomic E-state index is 12.0. The molecular formula is C11H20F3NS. The fourth-order valence-electron chi connectivity index (χ4n) is 2.23. The second kappa shape index (κ2) is 6.15. The zero-order valence-electron chi connectivity index (χ0n) is 9.48. The van der Waals surface area contributed by atoms with E-state index in [0.717, 1.165) is 25.7 Å². The van der Waals surface area contributed by atoms with E-state index in [0.29, 0.717) is 6.42 Å². The van der Waals surface area contributed by atoms with Crippen molar-refractivity contribution in [2.45, 2.75) is 62.4 Å². The van der Waals surface area contributed by atoms with Gasteiger partial charge in [0.15, 0.2) is 0 Å². The number of nitrogens with two attached hydrogens (primary N) is 1. The van der Waals surface area contributed by atoms with E-state index < -0.39 is 5.51 Å². The van der Waals surface area contributed by atoms with E-state index in [9.17, 15) is 13.2 Å². The van der Waals surface area contributed by atoms with Crippen LogP contribution in [0.3, 0.4) is 0 Å². The molecule has 0 unspecified atom stereocenters. The van der Waals surface area contributed by atoms with Gasteiger partial charge in [-0.05, 0) is 19.3 Å². The number of hydrogen-bond acceptors (Lipinski definition) is 2. The molecule has 2 N–H and O–H groups in total. The van der Waals surface area contributed by atoms with Gasteiger partial charge in [-0.25, -0.2) is 0 Å². The molecule has 0 radical (unpaired) electrons. The minimum atomic E-state index is -4.11. The molecule has 0 bridgehead atoms. The van der Waals surface area contributed by atoms with Crippen LogP contribution in [0.5, 0.6) is 0 Å². The maximum Gasteiger partial charge on any atom is 0.441 e. The van der Waals surface area contributed by atoms with E-state index in [2.05, 4.69) is 0 Å². The molecular weight excluding hydrogens is 235 g/mol. The molecule has 0 atom stereocenters. The Hall–Kier alpha value is 0.100. The summed E-state index contributed by atoms with van der Waals surface area (Å²) in [4.78, 5) is 0. The highest BCUT2D eigenvalue weighted by Crippen LogP contribution is 2.34. The zero-order chi connectivity index (χ0) is 12.1. The lowest BCUT2D eigenvalue weighted by atomic mass is 9.83. The van der Waals surface area contributed by atoms with Gasteiger partial charge in [0.2, 0.25) is 0 Å². The Morgan fingerprint density at radius 1 is 1.00 bits per heavy atom. The molecule has 0 aromatic heterocycles. The number of halogens is 3. The Morgan fingerprint density at radius 3 is 2.00 bits per heavy atom. The number of rotatable bonds is 3. The highest BCUT2D eigenvalue weighted by Gasteiger charge is 2.31. The molecule has 16 heavy (non-hydrogen) atoms. The second-order valence-electron chi connectivity index (χ2n) is 4.67. The number of hydrogen-bond donors (Lipinski definition) is 1. The standard InChI is InChI=1S/C11H20F3NS/c12-11(13,14)16-9-8-10(15)6-4-2-1-3-5-7-10/h1-9,15H2. The van der Waals surface area contributed by atoms with E-state index in [4.69, 9.17) is 5.73 Å². The van der Waals surface area contributed by atoms with Gasteiger partial charge in [0.1, 0.15) is 0 Å². The third-order valence-electron chi connectivity index (χ3n) is 3.22. The fourth-order valence-corrected chi connectivity index (χ4v) is 2.97. The van der Waals surface area contributed by atoms with Gasteiger partial charge >= 0.3 is 5.51 Å². The van der Waals surface area contributed by atoms with Crippen molar-refractivity contribution < 1.29 is 13.2 Å². The van der Waals surface area contributed by atoms with Crippen LogP contribution in [0.15, 0.2) is 0 Å². The highest BCUT2D eigenvalue weighted by molar-refractivity contribution is 8.00. The van der Waals surface area contributed by atoms with Crippen molar-refractivity contribution in [3.63, 3.8) is 0 Å². The largest absolute Gasteiger partial charge is 0.441 e. The summed E-state index contributed by atoms with van der Waals surface area (Å²) in [6, 6.07) is 0. The normalized spacial score (nSPS) is 22.5. The molecule has 0 saturated heterocycles. The van der Waals surface area contributed by atoms with Crippen LogP contribution in [0, 0.1) is 0 Å². The van der Waals surface area contributed by atoms with E-state index in [1.807, 2.05) is 0 Å². The Balaban J connectivity index is 2.30. The minimum absolute atomic E-state index is 0.0578. The summed E-state index contributed by atoms with van der Waals surface area (Å²) < 4.78 is 36.0. The summed E-state index contributed by atoms with van der Waals surface area (Å²) in [7, 11) is 0. The first kappa shape index (κ1) is 14.2. The molecule has 0 spiro atoms. The lowest BCUT2D eigenvalue weighted by Gasteiger charge is -2.31. The molecule has 1 saturated carbocycles. The summed E-state index contributed by atoms with van der Waals surface area (Å²) in [5.74, 6) is 0.0972. The Labute approximate surface area is 99.3 Å². The second-order valence-corrected chi connectivity index (χ2v) is 5.83. The molecule has 1 aliphatic carbocycles. The molecule has 1 nitrogen and oxygen atoms in total. The van der Waals surface area contributed by atoms with Crippen molar-refractivity contribution in [2.75, 3.05) is 5.75 Å². The van der Waals surface area contributed by atoms with Crippen LogP contribution in [-0.2, 0) is 0 Å².